The van der Waals surface area contributed by atoms with Crippen LogP contribution in [0.15, 0.2) is 12.3 Å². The highest BCUT2D eigenvalue weighted by atomic mass is 16.3. The molecule has 1 saturated carbocycles. The number of aliphatic hydroxyl groups is 1. The molecule has 0 amide bonds. The van der Waals surface area contributed by atoms with E-state index in [0.29, 0.717) is 23.9 Å². The first kappa shape index (κ1) is 16.3. The van der Waals surface area contributed by atoms with Crippen LogP contribution in [0.4, 0.5) is 5.95 Å². The quantitative estimate of drug-likeness (QED) is 0.891. The van der Waals surface area contributed by atoms with E-state index in [1.807, 2.05) is 6.20 Å². The molecule has 2 saturated heterocycles. The number of piperidine rings is 2. The Morgan fingerprint density at radius 3 is 2.75 bits per heavy atom. The fourth-order valence-corrected chi connectivity index (χ4v) is 5.07. The minimum absolute atomic E-state index is 0.306. The highest BCUT2D eigenvalue weighted by Gasteiger charge is 2.42. The third-order valence-corrected chi connectivity index (χ3v) is 6.76. The number of hydrogen-bond donors (Lipinski definition) is 2. The van der Waals surface area contributed by atoms with E-state index in [-0.39, 0.29) is 0 Å². The van der Waals surface area contributed by atoms with Crippen molar-refractivity contribution in [2.45, 2.75) is 50.9 Å². The molecule has 2 N–H and O–H groups in total. The third-order valence-electron chi connectivity index (χ3n) is 6.76. The molecule has 3 fully saturated rings. The number of aliphatic hydroxyl groups excluding tert-OH is 1. The highest BCUT2D eigenvalue weighted by Crippen LogP contribution is 2.44. The summed E-state index contributed by atoms with van der Waals surface area (Å²) in [5.41, 5.74) is 1.56. The zero-order valence-corrected chi connectivity index (χ0v) is 14.6. The van der Waals surface area contributed by atoms with Crippen LogP contribution in [0.25, 0.3) is 0 Å². The highest BCUT2D eigenvalue weighted by molar-refractivity contribution is 5.32. The van der Waals surface area contributed by atoms with E-state index in [9.17, 15) is 5.11 Å². The number of rotatable bonds is 3. The second kappa shape index (κ2) is 6.96. The molecule has 1 atom stereocenters. The Hall–Kier alpha value is -1.20. The lowest BCUT2D eigenvalue weighted by Gasteiger charge is -2.49. The molecule has 132 valence electrons. The average molecular weight is 330 g/mol. The maximum absolute atomic E-state index is 9.77. The molecular weight excluding hydrogens is 300 g/mol. The summed E-state index contributed by atoms with van der Waals surface area (Å²) in [7, 11) is 0. The Morgan fingerprint density at radius 1 is 1.21 bits per heavy atom. The monoisotopic (exact) mass is 330 g/mol. The predicted molar refractivity (Wildman–Crippen MR) is 95.2 cm³/mol. The topological polar surface area (TPSA) is 61.3 Å². The van der Waals surface area contributed by atoms with Gasteiger partial charge >= 0.3 is 0 Å². The molecule has 2 aliphatic heterocycles. The van der Waals surface area contributed by atoms with E-state index in [0.717, 1.165) is 45.0 Å². The van der Waals surface area contributed by atoms with Crippen LogP contribution in [0.5, 0.6) is 0 Å². The van der Waals surface area contributed by atoms with Crippen molar-refractivity contribution in [2.24, 2.45) is 11.3 Å². The normalized spacial score (nSPS) is 27.7. The van der Waals surface area contributed by atoms with Gasteiger partial charge in [-0.15, -0.1) is 0 Å². The molecule has 5 nitrogen and oxygen atoms in total. The Balaban J connectivity index is 1.45. The van der Waals surface area contributed by atoms with Gasteiger partial charge in [-0.05, 0) is 50.1 Å². The Kier molecular flexibility index (Phi) is 4.72. The smallest absolute Gasteiger partial charge is 0.225 e. The average Bonchev–Trinajstić information content (AvgIpc) is 3.18. The van der Waals surface area contributed by atoms with Gasteiger partial charge in [0.2, 0.25) is 5.95 Å². The molecule has 24 heavy (non-hydrogen) atoms. The number of hydrogen-bond acceptors (Lipinski definition) is 5. The van der Waals surface area contributed by atoms with E-state index in [4.69, 9.17) is 4.98 Å². The van der Waals surface area contributed by atoms with Crippen LogP contribution in [0.2, 0.25) is 0 Å². The van der Waals surface area contributed by atoms with E-state index >= 15 is 0 Å². The van der Waals surface area contributed by atoms with Crippen LogP contribution in [-0.2, 0) is 0 Å². The summed E-state index contributed by atoms with van der Waals surface area (Å²) in [6, 6.07) is 2.11. The summed E-state index contributed by atoms with van der Waals surface area (Å²) in [5.74, 6) is 1.97. The van der Waals surface area contributed by atoms with Gasteiger partial charge < -0.3 is 15.3 Å². The Morgan fingerprint density at radius 2 is 2.00 bits per heavy atom. The van der Waals surface area contributed by atoms with Crippen LogP contribution < -0.4 is 10.2 Å². The maximum Gasteiger partial charge on any atom is 0.225 e. The van der Waals surface area contributed by atoms with Crippen molar-refractivity contribution in [2.75, 3.05) is 37.7 Å². The van der Waals surface area contributed by atoms with E-state index < -0.39 is 0 Å². The molecule has 3 heterocycles. The molecule has 1 spiro atoms. The second-order valence-electron chi connectivity index (χ2n) is 7.95. The van der Waals surface area contributed by atoms with Gasteiger partial charge in [-0.2, -0.15) is 0 Å². The third kappa shape index (κ3) is 3.04. The van der Waals surface area contributed by atoms with Crippen molar-refractivity contribution in [1.82, 2.24) is 15.3 Å². The van der Waals surface area contributed by atoms with Gasteiger partial charge in [-0.25, -0.2) is 9.97 Å². The molecule has 0 aromatic carbocycles. The molecule has 0 unspecified atom stereocenters. The van der Waals surface area contributed by atoms with Crippen LogP contribution >= 0.6 is 0 Å². The molecule has 1 aromatic rings. The Labute approximate surface area is 144 Å². The standard InChI is InChI=1S/C19H30N4O/c24-14-16-13-20-10-6-19(16)7-11-23(12-8-19)18-21-9-5-17(22-18)15-3-1-2-4-15/h5,9,15-16,20,24H,1-4,6-8,10-14H2/t16-/m1/s1. The number of anilines is 1. The molecular formula is C19H30N4O. The molecule has 1 aromatic heterocycles. The lowest BCUT2D eigenvalue weighted by atomic mass is 9.65. The fraction of sp³-hybridized carbons (Fsp3) is 0.789. The lowest BCUT2D eigenvalue weighted by Crippen LogP contribution is -2.52. The van der Waals surface area contributed by atoms with Gasteiger partial charge in [0.15, 0.2) is 0 Å². The first-order chi connectivity index (χ1) is 11.8. The molecule has 5 heteroatoms. The van der Waals surface area contributed by atoms with Gasteiger partial charge in [0, 0.05) is 50.0 Å². The van der Waals surface area contributed by atoms with Crippen molar-refractivity contribution in [1.29, 1.82) is 0 Å². The predicted octanol–water partition coefficient (Wildman–Crippen LogP) is 2.32. The molecule has 0 radical (unpaired) electrons. The van der Waals surface area contributed by atoms with E-state index in [1.54, 1.807) is 0 Å². The Bertz CT molecular complexity index is 550. The van der Waals surface area contributed by atoms with Crippen molar-refractivity contribution >= 4 is 5.95 Å². The number of nitrogens with one attached hydrogen (secondary N) is 1. The van der Waals surface area contributed by atoms with Gasteiger partial charge in [-0.1, -0.05) is 12.8 Å². The summed E-state index contributed by atoms with van der Waals surface area (Å²) in [5, 5.41) is 13.2. The molecule has 0 bridgehead atoms. The minimum Gasteiger partial charge on any atom is -0.396 e. The van der Waals surface area contributed by atoms with Gasteiger partial charge in [0.05, 0.1) is 0 Å². The summed E-state index contributed by atoms with van der Waals surface area (Å²) < 4.78 is 0. The zero-order chi connectivity index (χ0) is 16.4. The molecule has 3 aliphatic rings. The number of aromatic nitrogens is 2. The summed E-state index contributed by atoms with van der Waals surface area (Å²) in [6.45, 7) is 4.39. The first-order valence-corrected chi connectivity index (χ1v) is 9.70. The van der Waals surface area contributed by atoms with Gasteiger partial charge in [0.25, 0.3) is 0 Å². The summed E-state index contributed by atoms with van der Waals surface area (Å²) in [4.78, 5) is 11.8. The van der Waals surface area contributed by atoms with Crippen molar-refractivity contribution in [3.63, 3.8) is 0 Å². The largest absolute Gasteiger partial charge is 0.396 e. The second-order valence-corrected chi connectivity index (χ2v) is 7.95. The van der Waals surface area contributed by atoms with Crippen molar-refractivity contribution < 1.29 is 5.11 Å². The SMILES string of the molecule is OC[C@H]1CNCCC12CCN(c1nccc(C3CCCC3)n1)CC2. The lowest BCUT2D eigenvalue weighted by molar-refractivity contribution is 0.0325. The number of nitrogens with zero attached hydrogens (tertiary/aromatic N) is 3. The van der Waals surface area contributed by atoms with E-state index in [2.05, 4.69) is 21.3 Å². The van der Waals surface area contributed by atoms with Gasteiger partial charge in [-0.3, -0.25) is 0 Å². The summed E-state index contributed by atoms with van der Waals surface area (Å²) >= 11 is 0. The van der Waals surface area contributed by atoms with Crippen LogP contribution in [0.1, 0.15) is 56.6 Å². The van der Waals surface area contributed by atoms with Crippen LogP contribution in [0, 0.1) is 11.3 Å². The minimum atomic E-state index is 0.306. The van der Waals surface area contributed by atoms with Crippen molar-refractivity contribution in [3.8, 4) is 0 Å². The van der Waals surface area contributed by atoms with Crippen molar-refractivity contribution in [3.05, 3.63) is 18.0 Å². The molecule has 4 rings (SSSR count). The first-order valence-electron chi connectivity index (χ1n) is 9.70. The van der Waals surface area contributed by atoms with Crippen LogP contribution in [0.3, 0.4) is 0 Å². The fourth-order valence-electron chi connectivity index (χ4n) is 5.07. The summed E-state index contributed by atoms with van der Waals surface area (Å²) in [6.07, 6.45) is 10.7. The zero-order valence-electron chi connectivity index (χ0n) is 14.6. The van der Waals surface area contributed by atoms with E-state index in [1.165, 1.54) is 37.8 Å². The van der Waals surface area contributed by atoms with Gasteiger partial charge in [0.1, 0.15) is 0 Å². The molecule has 1 aliphatic carbocycles. The maximum atomic E-state index is 9.77. The van der Waals surface area contributed by atoms with Crippen LogP contribution in [-0.4, -0.2) is 47.9 Å².